The fourth-order valence-electron chi connectivity index (χ4n) is 0. The lowest BCUT2D eigenvalue weighted by molar-refractivity contribution is 1.22. The Labute approximate surface area is 38.6 Å². The molecule has 0 aromatic heterocycles. The fourth-order valence-corrected chi connectivity index (χ4v) is 0. The van der Waals surface area contributed by atoms with E-state index in [1.165, 1.54) is 7.05 Å². The lowest BCUT2D eigenvalue weighted by Crippen LogP contribution is -1.69. The monoisotopic (exact) mass is 86.1 g/mol. The van der Waals surface area contributed by atoms with Crippen molar-refractivity contribution in [2.45, 2.75) is 13.3 Å². The normalized spacial score (nSPS) is 4.33. The molecule has 0 saturated heterocycles. The average molecular weight is 86.1 g/mol. The van der Waals surface area contributed by atoms with E-state index < -0.39 is 0 Å². The van der Waals surface area contributed by atoms with E-state index in [0.29, 0.717) is 6.42 Å². The Morgan fingerprint density at radius 2 is 1.83 bits per heavy atom. The van der Waals surface area contributed by atoms with Crippen LogP contribution >= 0.6 is 0 Å². The van der Waals surface area contributed by atoms with E-state index in [0.717, 1.165) is 0 Å². The molecule has 0 spiro atoms. The molecule has 0 unspecified atom stereocenters. The molecule has 0 bridgehead atoms. The van der Waals surface area contributed by atoms with Crippen LogP contribution in [0.15, 0.2) is 0 Å². The van der Waals surface area contributed by atoms with Crippen LogP contribution in [0.4, 0.5) is 0 Å². The van der Waals surface area contributed by atoms with Crippen LogP contribution in [0.3, 0.4) is 0 Å². The topological polar surface area (TPSA) is 49.8 Å². The molecule has 0 rings (SSSR count). The smallest absolute Gasteiger partial charge is 0.0618 e. The predicted octanol–water partition coefficient (Wildman–Crippen LogP) is 0.495. The van der Waals surface area contributed by atoms with Gasteiger partial charge in [-0.25, -0.2) is 0 Å². The number of hydrogen-bond donors (Lipinski definition) is 1. The molecule has 0 aliphatic heterocycles. The third-order valence-electron chi connectivity index (χ3n) is 0.158. The van der Waals surface area contributed by atoms with E-state index in [1.54, 1.807) is 0 Å². The van der Waals surface area contributed by atoms with Gasteiger partial charge in [-0.05, 0) is 7.05 Å². The van der Waals surface area contributed by atoms with Gasteiger partial charge in [-0.15, -0.1) is 0 Å². The molecular weight excluding hydrogens is 76.1 g/mol. The Balaban J connectivity index is 0. The maximum Gasteiger partial charge on any atom is 0.0618 e. The first-order valence-corrected chi connectivity index (χ1v) is 1.86. The minimum Gasteiger partial charge on any atom is -0.333 e. The first-order valence-electron chi connectivity index (χ1n) is 1.86. The third-order valence-corrected chi connectivity index (χ3v) is 0.158. The van der Waals surface area contributed by atoms with Gasteiger partial charge in [0, 0.05) is 6.42 Å². The molecule has 0 heterocycles. The van der Waals surface area contributed by atoms with Gasteiger partial charge in [0.25, 0.3) is 0 Å². The molecule has 0 aliphatic rings. The summed E-state index contributed by atoms with van der Waals surface area (Å²) in [6.45, 7) is 1.82. The first kappa shape index (κ1) is 9.07. The molecule has 2 nitrogen and oxygen atoms in total. The summed E-state index contributed by atoms with van der Waals surface area (Å²) in [6.07, 6.45) is 0.625. The van der Waals surface area contributed by atoms with Crippen molar-refractivity contribution < 1.29 is 0 Å². The van der Waals surface area contributed by atoms with Crippen LogP contribution in [0.1, 0.15) is 13.3 Å². The van der Waals surface area contributed by atoms with Crippen molar-refractivity contribution in [3.8, 4) is 6.07 Å². The molecule has 0 amide bonds. The standard InChI is InChI=1S/C3H5N.CH5N/c1-2-3-4;1-2/h2H2,1H3;2H2,1H3. The molecule has 2 heteroatoms. The Hall–Kier alpha value is -0.550. The average Bonchev–Trinajstić information content (AvgIpc) is 1.72. The molecule has 36 valence electrons. The number of hydrogen-bond acceptors (Lipinski definition) is 2. The van der Waals surface area contributed by atoms with E-state index in [2.05, 4.69) is 5.73 Å². The van der Waals surface area contributed by atoms with Gasteiger partial charge in [-0.1, -0.05) is 6.92 Å². The Morgan fingerprint density at radius 3 is 1.83 bits per heavy atom. The van der Waals surface area contributed by atoms with Crippen molar-refractivity contribution in [3.05, 3.63) is 0 Å². The van der Waals surface area contributed by atoms with E-state index in [1.807, 2.05) is 13.0 Å². The van der Waals surface area contributed by atoms with Gasteiger partial charge in [-0.2, -0.15) is 5.26 Å². The fraction of sp³-hybridized carbons (Fsp3) is 0.750. The van der Waals surface area contributed by atoms with Gasteiger partial charge in [-0.3, -0.25) is 0 Å². The zero-order valence-electron chi connectivity index (χ0n) is 4.23. The lowest BCUT2D eigenvalue weighted by atomic mass is 10.6. The number of nitrogens with two attached hydrogens (primary N) is 1. The van der Waals surface area contributed by atoms with Crippen molar-refractivity contribution in [1.82, 2.24) is 0 Å². The quantitative estimate of drug-likeness (QED) is 0.466. The largest absolute Gasteiger partial charge is 0.333 e. The Morgan fingerprint density at radius 1 is 1.67 bits per heavy atom. The first-order chi connectivity index (χ1) is 2.91. The second-order valence-corrected chi connectivity index (χ2v) is 0.512. The SMILES string of the molecule is CCC#N.CN. The second-order valence-electron chi connectivity index (χ2n) is 0.512. The van der Waals surface area contributed by atoms with Crippen LogP contribution < -0.4 is 5.73 Å². The molecule has 0 radical (unpaired) electrons. The highest BCUT2D eigenvalue weighted by Crippen LogP contribution is 1.58. The van der Waals surface area contributed by atoms with Gasteiger partial charge >= 0.3 is 0 Å². The van der Waals surface area contributed by atoms with E-state index in [9.17, 15) is 0 Å². The van der Waals surface area contributed by atoms with Crippen molar-refractivity contribution in [2.24, 2.45) is 5.73 Å². The molecule has 0 aromatic carbocycles. The summed E-state index contributed by atoms with van der Waals surface area (Å²) in [7, 11) is 1.50. The third kappa shape index (κ3) is 102. The number of rotatable bonds is 0. The van der Waals surface area contributed by atoms with Crippen molar-refractivity contribution in [3.63, 3.8) is 0 Å². The van der Waals surface area contributed by atoms with Crippen LogP contribution in [0, 0.1) is 11.3 Å². The van der Waals surface area contributed by atoms with Gasteiger partial charge in [0.2, 0.25) is 0 Å². The maximum absolute atomic E-state index is 7.62. The summed E-state index contributed by atoms with van der Waals surface area (Å²) in [5.41, 5.74) is 4.50. The van der Waals surface area contributed by atoms with Crippen molar-refractivity contribution >= 4 is 0 Å². The maximum atomic E-state index is 7.62. The molecule has 2 N–H and O–H groups in total. The van der Waals surface area contributed by atoms with Crippen LogP contribution in [-0.2, 0) is 0 Å². The molecule has 0 aliphatic carbocycles. The molecule has 0 fully saturated rings. The van der Waals surface area contributed by atoms with Gasteiger partial charge in [0.1, 0.15) is 0 Å². The molecular formula is C4H10N2. The van der Waals surface area contributed by atoms with Crippen LogP contribution in [0.25, 0.3) is 0 Å². The second kappa shape index (κ2) is 25.2. The summed E-state index contributed by atoms with van der Waals surface area (Å²) in [5, 5.41) is 7.62. The van der Waals surface area contributed by atoms with Crippen LogP contribution in [0.2, 0.25) is 0 Å². The zero-order chi connectivity index (χ0) is 5.41. The van der Waals surface area contributed by atoms with E-state index in [4.69, 9.17) is 5.26 Å². The van der Waals surface area contributed by atoms with Crippen molar-refractivity contribution in [1.29, 1.82) is 5.26 Å². The van der Waals surface area contributed by atoms with Gasteiger partial charge in [0.15, 0.2) is 0 Å². The molecule has 0 atom stereocenters. The lowest BCUT2D eigenvalue weighted by Gasteiger charge is -1.47. The minimum absolute atomic E-state index is 0.625. The Bertz CT molecular complexity index is 35.3. The summed E-state index contributed by atoms with van der Waals surface area (Å²) < 4.78 is 0. The van der Waals surface area contributed by atoms with Crippen LogP contribution in [0.5, 0.6) is 0 Å². The summed E-state index contributed by atoms with van der Waals surface area (Å²) in [5.74, 6) is 0. The highest BCUT2D eigenvalue weighted by molar-refractivity contribution is 4.61. The Kier molecular flexibility index (Phi) is 38.1. The number of nitriles is 1. The van der Waals surface area contributed by atoms with E-state index >= 15 is 0 Å². The van der Waals surface area contributed by atoms with Crippen LogP contribution in [-0.4, -0.2) is 7.05 Å². The predicted molar refractivity (Wildman–Crippen MR) is 26.0 cm³/mol. The number of nitrogens with zero attached hydrogens (tertiary/aromatic N) is 1. The summed E-state index contributed by atoms with van der Waals surface area (Å²) >= 11 is 0. The van der Waals surface area contributed by atoms with Gasteiger partial charge < -0.3 is 5.73 Å². The molecule has 6 heavy (non-hydrogen) atoms. The minimum atomic E-state index is 0.625. The summed E-state index contributed by atoms with van der Waals surface area (Å²) in [6, 6.07) is 1.93. The summed E-state index contributed by atoms with van der Waals surface area (Å²) in [4.78, 5) is 0. The highest BCUT2D eigenvalue weighted by atomic mass is 14.4. The molecule has 0 saturated carbocycles. The van der Waals surface area contributed by atoms with Crippen molar-refractivity contribution in [2.75, 3.05) is 7.05 Å². The molecule has 0 aromatic rings. The highest BCUT2D eigenvalue weighted by Gasteiger charge is 1.49. The van der Waals surface area contributed by atoms with E-state index in [-0.39, 0.29) is 0 Å². The zero-order valence-corrected chi connectivity index (χ0v) is 4.23. The van der Waals surface area contributed by atoms with Gasteiger partial charge in [0.05, 0.1) is 6.07 Å².